The summed E-state index contributed by atoms with van der Waals surface area (Å²) in [6.07, 6.45) is 0.993. The highest BCUT2D eigenvalue weighted by atomic mass is 16.5. The first-order valence-corrected chi connectivity index (χ1v) is 6.42. The van der Waals surface area contributed by atoms with Crippen molar-refractivity contribution in [3.05, 3.63) is 0 Å². The molecule has 1 amide bonds. The summed E-state index contributed by atoms with van der Waals surface area (Å²) in [5, 5.41) is 0. The third kappa shape index (κ3) is 2.97. The van der Waals surface area contributed by atoms with Crippen molar-refractivity contribution in [2.75, 3.05) is 60.0 Å². The van der Waals surface area contributed by atoms with Crippen LogP contribution < -0.4 is 0 Å². The Kier molecular flexibility index (Phi) is 4.36. The fraction of sp³-hybridized carbons (Fsp3) is 0.917. The average Bonchev–Trinajstić information content (AvgIpc) is 2.68. The second kappa shape index (κ2) is 5.80. The second-order valence-corrected chi connectivity index (χ2v) is 4.93. The number of ether oxygens (including phenoxy) is 1. The Morgan fingerprint density at radius 2 is 1.94 bits per heavy atom. The van der Waals surface area contributed by atoms with Gasteiger partial charge in [0.2, 0.25) is 5.91 Å². The number of nitrogens with zero attached hydrogens (tertiary/aromatic N) is 3. The monoisotopic (exact) mass is 241 g/mol. The minimum absolute atomic E-state index is 0.143. The van der Waals surface area contributed by atoms with Gasteiger partial charge in [0.15, 0.2) is 0 Å². The number of carbonyl (C=O) groups excluding carboxylic acids is 1. The Balaban J connectivity index is 1.77. The summed E-state index contributed by atoms with van der Waals surface area (Å²) in [5.74, 6) is 0.301. The molecule has 1 atom stereocenters. The molecule has 0 aromatic carbocycles. The highest BCUT2D eigenvalue weighted by Crippen LogP contribution is 2.17. The van der Waals surface area contributed by atoms with E-state index in [1.807, 2.05) is 11.9 Å². The highest BCUT2D eigenvalue weighted by Gasteiger charge is 2.35. The molecule has 0 radical (unpaired) electrons. The van der Waals surface area contributed by atoms with Gasteiger partial charge in [-0.2, -0.15) is 0 Å². The van der Waals surface area contributed by atoms with Gasteiger partial charge in [0.25, 0.3) is 0 Å². The molecule has 17 heavy (non-hydrogen) atoms. The van der Waals surface area contributed by atoms with Gasteiger partial charge >= 0.3 is 0 Å². The molecule has 2 rings (SSSR count). The Morgan fingerprint density at radius 1 is 1.24 bits per heavy atom. The maximum Gasteiger partial charge on any atom is 0.239 e. The number of likely N-dealkylation sites (N-methyl/N-ethyl adjacent to an activating group) is 1. The summed E-state index contributed by atoms with van der Waals surface area (Å²) in [7, 11) is 3.64. The van der Waals surface area contributed by atoms with E-state index in [4.69, 9.17) is 4.74 Å². The van der Waals surface area contributed by atoms with Gasteiger partial charge < -0.3 is 9.64 Å². The number of carbonyl (C=O) groups is 1. The Labute approximate surface area is 103 Å². The third-order valence-electron chi connectivity index (χ3n) is 3.86. The third-order valence-corrected chi connectivity index (χ3v) is 3.86. The van der Waals surface area contributed by atoms with Gasteiger partial charge in [0.1, 0.15) is 0 Å². The fourth-order valence-electron chi connectivity index (χ4n) is 2.66. The van der Waals surface area contributed by atoms with E-state index in [0.717, 1.165) is 52.3 Å². The first-order valence-electron chi connectivity index (χ1n) is 6.42. The predicted octanol–water partition coefficient (Wildman–Crippen LogP) is -0.519. The number of piperazine rings is 1. The number of methoxy groups -OCH3 is 1. The number of hydrogen-bond donors (Lipinski definition) is 0. The first kappa shape index (κ1) is 12.8. The van der Waals surface area contributed by atoms with Crippen LogP contribution in [0, 0.1) is 0 Å². The van der Waals surface area contributed by atoms with E-state index >= 15 is 0 Å². The van der Waals surface area contributed by atoms with Crippen molar-refractivity contribution in [1.29, 1.82) is 0 Å². The van der Waals surface area contributed by atoms with Gasteiger partial charge in [-0.1, -0.05) is 0 Å². The molecule has 0 saturated carbocycles. The topological polar surface area (TPSA) is 36.0 Å². The van der Waals surface area contributed by atoms with Crippen LogP contribution in [0.3, 0.4) is 0 Å². The minimum Gasteiger partial charge on any atom is -0.383 e. The fourth-order valence-corrected chi connectivity index (χ4v) is 2.66. The molecule has 0 spiro atoms. The molecule has 98 valence electrons. The molecule has 2 aliphatic rings. The van der Waals surface area contributed by atoms with Crippen LogP contribution in [0.1, 0.15) is 6.42 Å². The molecular weight excluding hydrogens is 218 g/mol. The summed E-state index contributed by atoms with van der Waals surface area (Å²) in [6, 6.07) is 0.143. The van der Waals surface area contributed by atoms with Gasteiger partial charge in [-0.15, -0.1) is 0 Å². The SMILES string of the molecule is COCCN1CCN(C2CCN(C)C2=O)CC1. The van der Waals surface area contributed by atoms with Gasteiger partial charge in [-0.3, -0.25) is 14.6 Å². The van der Waals surface area contributed by atoms with Crippen LogP contribution >= 0.6 is 0 Å². The molecular formula is C12H23N3O2. The maximum absolute atomic E-state index is 11.9. The van der Waals surface area contributed by atoms with Crippen LogP contribution in [-0.4, -0.2) is 86.7 Å². The molecule has 0 aliphatic carbocycles. The zero-order valence-corrected chi connectivity index (χ0v) is 10.9. The number of hydrogen-bond acceptors (Lipinski definition) is 4. The zero-order valence-electron chi connectivity index (χ0n) is 10.9. The smallest absolute Gasteiger partial charge is 0.239 e. The van der Waals surface area contributed by atoms with E-state index in [-0.39, 0.29) is 6.04 Å². The van der Waals surface area contributed by atoms with Gasteiger partial charge in [-0.05, 0) is 6.42 Å². The molecule has 1 unspecified atom stereocenters. The normalized spacial score (nSPS) is 28.0. The van der Waals surface area contributed by atoms with Crippen molar-refractivity contribution in [1.82, 2.24) is 14.7 Å². The van der Waals surface area contributed by atoms with E-state index in [9.17, 15) is 4.79 Å². The molecule has 2 heterocycles. The molecule has 5 nitrogen and oxygen atoms in total. The van der Waals surface area contributed by atoms with E-state index in [1.165, 1.54) is 0 Å². The largest absolute Gasteiger partial charge is 0.383 e. The quantitative estimate of drug-likeness (QED) is 0.664. The summed E-state index contributed by atoms with van der Waals surface area (Å²) in [4.78, 5) is 18.5. The van der Waals surface area contributed by atoms with Crippen LogP contribution in [0.4, 0.5) is 0 Å². The van der Waals surface area contributed by atoms with E-state index in [1.54, 1.807) is 7.11 Å². The molecule has 0 aromatic rings. The molecule has 0 aromatic heterocycles. The van der Waals surface area contributed by atoms with Crippen LogP contribution in [-0.2, 0) is 9.53 Å². The van der Waals surface area contributed by atoms with Gasteiger partial charge in [-0.25, -0.2) is 0 Å². The van der Waals surface area contributed by atoms with Crippen LogP contribution in [0.2, 0.25) is 0 Å². The first-order chi connectivity index (χ1) is 8.22. The maximum atomic E-state index is 11.9. The Bertz CT molecular complexity index is 264. The molecule has 2 saturated heterocycles. The summed E-state index contributed by atoms with van der Waals surface area (Å²) < 4.78 is 5.09. The second-order valence-electron chi connectivity index (χ2n) is 4.93. The van der Waals surface area contributed by atoms with Crippen LogP contribution in [0.15, 0.2) is 0 Å². The van der Waals surface area contributed by atoms with E-state index in [2.05, 4.69) is 9.80 Å². The van der Waals surface area contributed by atoms with Crippen molar-refractivity contribution in [2.24, 2.45) is 0 Å². The van der Waals surface area contributed by atoms with Crippen molar-refractivity contribution in [3.63, 3.8) is 0 Å². The van der Waals surface area contributed by atoms with Crippen LogP contribution in [0.5, 0.6) is 0 Å². The molecule has 0 N–H and O–H groups in total. The highest BCUT2D eigenvalue weighted by molar-refractivity contribution is 5.83. The van der Waals surface area contributed by atoms with Crippen LogP contribution in [0.25, 0.3) is 0 Å². The summed E-state index contributed by atoms with van der Waals surface area (Å²) >= 11 is 0. The zero-order chi connectivity index (χ0) is 12.3. The number of rotatable bonds is 4. The number of amides is 1. The average molecular weight is 241 g/mol. The van der Waals surface area contributed by atoms with Gasteiger partial charge in [0.05, 0.1) is 12.6 Å². The lowest BCUT2D eigenvalue weighted by molar-refractivity contribution is -0.131. The van der Waals surface area contributed by atoms with Crippen molar-refractivity contribution >= 4 is 5.91 Å². The van der Waals surface area contributed by atoms with E-state index < -0.39 is 0 Å². The summed E-state index contributed by atoms with van der Waals surface area (Å²) in [5.41, 5.74) is 0. The molecule has 2 aliphatic heterocycles. The van der Waals surface area contributed by atoms with Gasteiger partial charge in [0, 0.05) is 53.4 Å². The molecule has 5 heteroatoms. The lowest BCUT2D eigenvalue weighted by atomic mass is 10.2. The number of likely N-dealkylation sites (tertiary alicyclic amines) is 1. The molecule has 2 fully saturated rings. The predicted molar refractivity (Wildman–Crippen MR) is 65.9 cm³/mol. The van der Waals surface area contributed by atoms with E-state index in [0.29, 0.717) is 5.91 Å². The molecule has 0 bridgehead atoms. The summed E-state index contributed by atoms with van der Waals surface area (Å²) in [6.45, 7) is 6.83. The standard InChI is InChI=1S/C12H23N3O2/c1-13-4-3-11(12(13)16)15-7-5-14(6-8-15)9-10-17-2/h11H,3-10H2,1-2H3. The minimum atomic E-state index is 0.143. The Hall–Kier alpha value is -0.650. The lowest BCUT2D eigenvalue weighted by Gasteiger charge is -2.37. The van der Waals surface area contributed by atoms with Crippen molar-refractivity contribution in [2.45, 2.75) is 12.5 Å². The lowest BCUT2D eigenvalue weighted by Crippen LogP contribution is -2.52. The van der Waals surface area contributed by atoms with Crippen molar-refractivity contribution < 1.29 is 9.53 Å². The Morgan fingerprint density at radius 3 is 2.47 bits per heavy atom. The van der Waals surface area contributed by atoms with Crippen molar-refractivity contribution in [3.8, 4) is 0 Å².